The van der Waals surface area contributed by atoms with Crippen LogP contribution in [0.5, 0.6) is 0 Å². The van der Waals surface area contributed by atoms with Crippen molar-refractivity contribution in [2.45, 2.75) is 27.2 Å². The lowest BCUT2D eigenvalue weighted by Gasteiger charge is -2.37. The fraction of sp³-hybridized carbons (Fsp3) is 0.476. The maximum atomic E-state index is 12.3. The molecule has 1 aliphatic rings. The summed E-state index contributed by atoms with van der Waals surface area (Å²) in [6, 6.07) is 15.3. The second-order valence-corrected chi connectivity index (χ2v) is 7.82. The van der Waals surface area contributed by atoms with E-state index in [-0.39, 0.29) is 11.3 Å². The van der Waals surface area contributed by atoms with E-state index in [4.69, 9.17) is 0 Å². The average molecular weight is 324 g/mol. The highest BCUT2D eigenvalue weighted by molar-refractivity contribution is 5.83. The maximum Gasteiger partial charge on any atom is 0.228 e. The fourth-order valence-electron chi connectivity index (χ4n) is 3.33. The third-order valence-electron chi connectivity index (χ3n) is 4.83. The zero-order valence-electron chi connectivity index (χ0n) is 15.1. The lowest BCUT2D eigenvalue weighted by molar-refractivity contribution is -0.141. The molecule has 1 saturated heterocycles. The van der Waals surface area contributed by atoms with Gasteiger partial charge in [-0.3, -0.25) is 9.69 Å². The summed E-state index contributed by atoms with van der Waals surface area (Å²) in [5.74, 6) is 0.275. The Morgan fingerprint density at radius 1 is 0.958 bits per heavy atom. The van der Waals surface area contributed by atoms with Crippen molar-refractivity contribution in [2.75, 3.05) is 32.7 Å². The average Bonchev–Trinajstić information content (AvgIpc) is 2.59. The highest BCUT2D eigenvalue weighted by Gasteiger charge is 2.29. The molecule has 2 aromatic carbocycles. The molecule has 3 rings (SSSR count). The third kappa shape index (κ3) is 3.96. The zero-order valence-corrected chi connectivity index (χ0v) is 15.1. The number of carbonyl (C=O) groups excluding carboxylic acids is 1. The molecular formula is C21H28N2O. The Bertz CT molecular complexity index is 709. The molecule has 1 aliphatic heterocycles. The Hall–Kier alpha value is -1.87. The number of amides is 1. The number of benzene rings is 2. The summed E-state index contributed by atoms with van der Waals surface area (Å²) in [7, 11) is 0. The van der Waals surface area contributed by atoms with E-state index in [0.717, 1.165) is 39.1 Å². The topological polar surface area (TPSA) is 23.6 Å². The Labute approximate surface area is 145 Å². The summed E-state index contributed by atoms with van der Waals surface area (Å²) < 4.78 is 0. The summed E-state index contributed by atoms with van der Waals surface area (Å²) in [6.07, 6.45) is 1.07. The van der Waals surface area contributed by atoms with Gasteiger partial charge in [-0.2, -0.15) is 0 Å². The van der Waals surface area contributed by atoms with Gasteiger partial charge in [0.15, 0.2) is 0 Å². The van der Waals surface area contributed by atoms with Gasteiger partial charge in [-0.25, -0.2) is 0 Å². The number of fused-ring (bicyclic) bond motifs is 1. The molecule has 0 N–H and O–H groups in total. The van der Waals surface area contributed by atoms with Gasteiger partial charge in [0.2, 0.25) is 5.91 Å². The van der Waals surface area contributed by atoms with Crippen molar-refractivity contribution in [1.29, 1.82) is 0 Å². The number of carbonyl (C=O) groups is 1. The van der Waals surface area contributed by atoms with Crippen LogP contribution in [0.25, 0.3) is 10.8 Å². The van der Waals surface area contributed by atoms with Crippen LogP contribution in [0.4, 0.5) is 0 Å². The Balaban J connectivity index is 1.52. The molecule has 1 amide bonds. The number of piperazine rings is 1. The van der Waals surface area contributed by atoms with Crippen molar-refractivity contribution in [2.24, 2.45) is 5.41 Å². The van der Waals surface area contributed by atoms with E-state index in [0.29, 0.717) is 0 Å². The lowest BCUT2D eigenvalue weighted by atomic mass is 9.94. The second kappa shape index (κ2) is 6.94. The molecule has 0 saturated carbocycles. The second-order valence-electron chi connectivity index (χ2n) is 7.82. The molecule has 128 valence electrons. The van der Waals surface area contributed by atoms with Crippen LogP contribution in [-0.2, 0) is 11.2 Å². The van der Waals surface area contributed by atoms with Crippen molar-refractivity contribution in [3.8, 4) is 0 Å². The molecule has 0 aliphatic carbocycles. The number of rotatable bonds is 3. The first-order valence-electron chi connectivity index (χ1n) is 8.93. The molecule has 1 fully saturated rings. The Kier molecular flexibility index (Phi) is 4.91. The van der Waals surface area contributed by atoms with E-state index in [2.05, 4.69) is 47.4 Å². The lowest BCUT2D eigenvalue weighted by Crippen LogP contribution is -2.51. The van der Waals surface area contributed by atoms with Crippen LogP contribution in [0, 0.1) is 5.41 Å². The van der Waals surface area contributed by atoms with Crippen molar-refractivity contribution in [3.05, 3.63) is 48.0 Å². The van der Waals surface area contributed by atoms with Gasteiger partial charge < -0.3 is 4.90 Å². The smallest absolute Gasteiger partial charge is 0.228 e. The van der Waals surface area contributed by atoms with Gasteiger partial charge in [0, 0.05) is 38.1 Å². The number of hydrogen-bond donors (Lipinski definition) is 0. The van der Waals surface area contributed by atoms with E-state index in [9.17, 15) is 4.79 Å². The molecular weight excluding hydrogens is 296 g/mol. The van der Waals surface area contributed by atoms with Crippen molar-refractivity contribution in [1.82, 2.24) is 9.80 Å². The van der Waals surface area contributed by atoms with Crippen LogP contribution in [-0.4, -0.2) is 48.4 Å². The minimum Gasteiger partial charge on any atom is -0.340 e. The van der Waals surface area contributed by atoms with Gasteiger partial charge in [0.25, 0.3) is 0 Å². The summed E-state index contributed by atoms with van der Waals surface area (Å²) in [5, 5.41) is 2.62. The number of hydrogen-bond acceptors (Lipinski definition) is 2. The quantitative estimate of drug-likeness (QED) is 0.862. The molecule has 2 aromatic rings. The predicted molar refractivity (Wildman–Crippen MR) is 100 cm³/mol. The Morgan fingerprint density at radius 2 is 1.62 bits per heavy atom. The largest absolute Gasteiger partial charge is 0.340 e. The van der Waals surface area contributed by atoms with Crippen LogP contribution in [0.1, 0.15) is 26.3 Å². The van der Waals surface area contributed by atoms with E-state index >= 15 is 0 Å². The van der Waals surface area contributed by atoms with Gasteiger partial charge in [0.05, 0.1) is 0 Å². The van der Waals surface area contributed by atoms with Crippen molar-refractivity contribution >= 4 is 16.7 Å². The normalized spacial score (nSPS) is 16.5. The first-order chi connectivity index (χ1) is 11.4. The summed E-state index contributed by atoms with van der Waals surface area (Å²) >= 11 is 0. The molecule has 3 heteroatoms. The molecule has 0 aromatic heterocycles. The van der Waals surface area contributed by atoms with Crippen LogP contribution in [0.3, 0.4) is 0 Å². The first kappa shape index (κ1) is 17.0. The molecule has 1 heterocycles. The first-order valence-corrected chi connectivity index (χ1v) is 8.93. The zero-order chi connectivity index (χ0) is 17.2. The van der Waals surface area contributed by atoms with Crippen LogP contribution < -0.4 is 0 Å². The van der Waals surface area contributed by atoms with Crippen molar-refractivity contribution in [3.63, 3.8) is 0 Å². The fourth-order valence-corrected chi connectivity index (χ4v) is 3.33. The highest BCUT2D eigenvalue weighted by Crippen LogP contribution is 2.19. The van der Waals surface area contributed by atoms with E-state index in [1.54, 1.807) is 0 Å². The molecule has 0 radical (unpaired) electrons. The number of nitrogens with zero attached hydrogens (tertiary/aromatic N) is 2. The molecule has 0 spiro atoms. The summed E-state index contributed by atoms with van der Waals surface area (Å²) in [6.45, 7) is 10.7. The minimum absolute atomic E-state index is 0.271. The maximum absolute atomic E-state index is 12.3. The van der Waals surface area contributed by atoms with Gasteiger partial charge in [-0.15, -0.1) is 0 Å². The standard InChI is InChI=1S/C21H28N2O/c1-21(2,3)20(24)23-14-12-22(13-15-23)11-10-17-8-9-18-6-4-5-7-19(18)16-17/h4-9,16H,10-15H2,1-3H3. The highest BCUT2D eigenvalue weighted by atomic mass is 16.2. The van der Waals surface area contributed by atoms with Crippen LogP contribution >= 0.6 is 0 Å². The van der Waals surface area contributed by atoms with Gasteiger partial charge >= 0.3 is 0 Å². The predicted octanol–water partition coefficient (Wildman–Crippen LogP) is 3.57. The Morgan fingerprint density at radius 3 is 2.29 bits per heavy atom. The summed E-state index contributed by atoms with van der Waals surface area (Å²) in [4.78, 5) is 16.8. The molecule has 0 bridgehead atoms. The SMILES string of the molecule is CC(C)(C)C(=O)N1CCN(CCc2ccc3ccccc3c2)CC1. The van der Waals surface area contributed by atoms with Gasteiger partial charge in [-0.1, -0.05) is 63.2 Å². The molecule has 0 unspecified atom stereocenters. The molecule has 24 heavy (non-hydrogen) atoms. The van der Waals surface area contributed by atoms with E-state index in [1.165, 1.54) is 16.3 Å². The minimum atomic E-state index is -0.271. The van der Waals surface area contributed by atoms with Crippen LogP contribution in [0.2, 0.25) is 0 Å². The van der Waals surface area contributed by atoms with Gasteiger partial charge in [0.1, 0.15) is 0 Å². The summed E-state index contributed by atoms with van der Waals surface area (Å²) in [5.41, 5.74) is 1.12. The van der Waals surface area contributed by atoms with E-state index < -0.39 is 0 Å². The third-order valence-corrected chi connectivity index (χ3v) is 4.83. The van der Waals surface area contributed by atoms with Crippen LogP contribution in [0.15, 0.2) is 42.5 Å². The van der Waals surface area contributed by atoms with Crippen molar-refractivity contribution < 1.29 is 4.79 Å². The monoisotopic (exact) mass is 324 g/mol. The molecule has 0 atom stereocenters. The van der Waals surface area contributed by atoms with Gasteiger partial charge in [-0.05, 0) is 22.8 Å². The molecule has 3 nitrogen and oxygen atoms in total. The van der Waals surface area contributed by atoms with E-state index in [1.807, 2.05) is 25.7 Å².